The summed E-state index contributed by atoms with van der Waals surface area (Å²) in [7, 11) is 0. The zero-order chi connectivity index (χ0) is 21.0. The van der Waals surface area contributed by atoms with E-state index in [9.17, 15) is 22.8 Å². The van der Waals surface area contributed by atoms with Gasteiger partial charge in [-0.1, -0.05) is 24.3 Å². The van der Waals surface area contributed by atoms with E-state index < -0.39 is 22.9 Å². The molecule has 1 heterocycles. The molecule has 1 aliphatic heterocycles. The Bertz CT molecular complexity index is 960. The van der Waals surface area contributed by atoms with Gasteiger partial charge in [0, 0.05) is 11.3 Å². The van der Waals surface area contributed by atoms with Gasteiger partial charge >= 0.3 is 6.18 Å². The Hall–Kier alpha value is -2.94. The average molecular weight is 422 g/mol. The quantitative estimate of drug-likeness (QED) is 0.648. The lowest BCUT2D eigenvalue weighted by molar-refractivity contribution is -0.137. The van der Waals surface area contributed by atoms with Crippen LogP contribution in [0.15, 0.2) is 53.4 Å². The molecule has 29 heavy (non-hydrogen) atoms. The van der Waals surface area contributed by atoms with Crippen molar-refractivity contribution in [2.24, 2.45) is 0 Å². The number of hydrogen-bond acceptors (Lipinski definition) is 5. The lowest BCUT2D eigenvalue weighted by Gasteiger charge is -2.15. The zero-order valence-corrected chi connectivity index (χ0v) is 16.1. The van der Waals surface area contributed by atoms with E-state index in [-0.39, 0.29) is 17.3 Å². The number of nitrogens with one attached hydrogen (secondary N) is 1. The number of benzene rings is 2. The van der Waals surface area contributed by atoms with Gasteiger partial charge < -0.3 is 10.1 Å². The highest BCUT2D eigenvalue weighted by atomic mass is 32.2. The highest BCUT2D eigenvalue weighted by Crippen LogP contribution is 2.34. The minimum Gasteiger partial charge on any atom is -0.493 e. The molecule has 0 spiro atoms. The van der Waals surface area contributed by atoms with E-state index >= 15 is 0 Å². The number of para-hydroxylation sites is 1. The smallest absolute Gasteiger partial charge is 0.416 e. The molecule has 9 heteroatoms. The topological polar surface area (TPSA) is 58.6 Å². The molecule has 0 atom stereocenters. The van der Waals surface area contributed by atoms with E-state index in [2.05, 4.69) is 5.32 Å². The largest absolute Gasteiger partial charge is 0.493 e. The number of nitrogens with zero attached hydrogens (tertiary/aromatic N) is 1. The third-order valence-electron chi connectivity index (χ3n) is 4.01. The second-order valence-corrected chi connectivity index (χ2v) is 6.99. The number of amides is 2. The molecule has 1 N–H and O–H groups in total. The summed E-state index contributed by atoms with van der Waals surface area (Å²) in [6.45, 7) is 2.05. The number of carbonyl (C=O) groups is 2. The molecule has 5 nitrogen and oxygen atoms in total. The van der Waals surface area contributed by atoms with Gasteiger partial charge in [0.15, 0.2) is 0 Å². The molecule has 0 unspecified atom stereocenters. The summed E-state index contributed by atoms with van der Waals surface area (Å²) in [6, 6.07) is 11.7. The van der Waals surface area contributed by atoms with Gasteiger partial charge in [-0.05, 0) is 49.0 Å². The van der Waals surface area contributed by atoms with E-state index in [0.717, 1.165) is 28.8 Å². The Balaban J connectivity index is 1.73. The van der Waals surface area contributed by atoms with Gasteiger partial charge in [-0.25, -0.2) is 0 Å². The van der Waals surface area contributed by atoms with Crippen molar-refractivity contribution in [2.45, 2.75) is 13.1 Å². The van der Waals surface area contributed by atoms with Gasteiger partial charge in [-0.15, -0.1) is 0 Å². The molecule has 0 aliphatic carbocycles. The van der Waals surface area contributed by atoms with E-state index in [1.807, 2.05) is 6.92 Å². The maximum atomic E-state index is 12.8. The Labute approximate surface area is 169 Å². The Morgan fingerprint density at radius 3 is 2.62 bits per heavy atom. The Morgan fingerprint density at radius 2 is 1.90 bits per heavy atom. The zero-order valence-electron chi connectivity index (χ0n) is 15.3. The van der Waals surface area contributed by atoms with Crippen LogP contribution in [0.4, 0.5) is 23.7 Å². The van der Waals surface area contributed by atoms with Crippen molar-refractivity contribution < 1.29 is 27.5 Å². The molecule has 152 valence electrons. The monoisotopic (exact) mass is 422 g/mol. The molecule has 1 fully saturated rings. The van der Waals surface area contributed by atoms with Crippen LogP contribution in [0.3, 0.4) is 0 Å². The number of ether oxygens (including phenoxy) is 1. The minimum absolute atomic E-state index is 0.157. The second kappa shape index (κ2) is 8.60. The normalized spacial score (nSPS) is 15.9. The standard InChI is InChI=1S/C20H17F3N2O3S/c1-2-28-16-9-4-3-6-13(16)10-17-18(26)25(19(27)29-17)12-24-15-8-5-7-14(11-15)20(21,22)23/h3-11,24H,2,12H2,1H3/b17-10-. The lowest BCUT2D eigenvalue weighted by atomic mass is 10.2. The molecule has 2 amide bonds. The number of hydrogen-bond donors (Lipinski definition) is 1. The van der Waals surface area contributed by atoms with Gasteiger partial charge in [0.1, 0.15) is 5.75 Å². The number of alkyl halides is 3. The van der Waals surface area contributed by atoms with Crippen LogP contribution in [-0.2, 0) is 11.0 Å². The summed E-state index contributed by atoms with van der Waals surface area (Å²) >= 11 is 0.769. The number of imide groups is 1. The summed E-state index contributed by atoms with van der Waals surface area (Å²) < 4.78 is 43.9. The van der Waals surface area contributed by atoms with Crippen LogP contribution in [-0.4, -0.2) is 29.3 Å². The number of halogens is 3. The van der Waals surface area contributed by atoms with Crippen LogP contribution < -0.4 is 10.1 Å². The van der Waals surface area contributed by atoms with E-state index in [1.54, 1.807) is 30.3 Å². The van der Waals surface area contributed by atoms with Crippen molar-refractivity contribution in [3.63, 3.8) is 0 Å². The summed E-state index contributed by atoms with van der Waals surface area (Å²) in [5.74, 6) is 0.0645. The van der Waals surface area contributed by atoms with Crippen LogP contribution in [0, 0.1) is 0 Å². The number of anilines is 1. The maximum absolute atomic E-state index is 12.8. The first kappa shape index (κ1) is 20.8. The molecular formula is C20H17F3N2O3S. The van der Waals surface area contributed by atoms with Crippen molar-refractivity contribution in [3.05, 3.63) is 64.6 Å². The molecule has 0 bridgehead atoms. The summed E-state index contributed by atoms with van der Waals surface area (Å²) in [4.78, 5) is 26.0. The predicted molar refractivity (Wildman–Crippen MR) is 105 cm³/mol. The first-order valence-electron chi connectivity index (χ1n) is 8.68. The van der Waals surface area contributed by atoms with Crippen molar-refractivity contribution in [3.8, 4) is 5.75 Å². The number of rotatable bonds is 6. The summed E-state index contributed by atoms with van der Waals surface area (Å²) in [6.07, 6.45) is -2.91. The minimum atomic E-state index is -4.48. The third-order valence-corrected chi connectivity index (χ3v) is 4.92. The molecule has 0 radical (unpaired) electrons. The fraction of sp³-hybridized carbons (Fsp3) is 0.200. The van der Waals surface area contributed by atoms with Crippen LogP contribution in [0.25, 0.3) is 6.08 Å². The predicted octanol–water partition coefficient (Wildman–Crippen LogP) is 5.21. The van der Waals surface area contributed by atoms with Gasteiger partial charge in [0.05, 0.1) is 23.7 Å². The van der Waals surface area contributed by atoms with E-state index in [4.69, 9.17) is 4.74 Å². The molecule has 1 saturated heterocycles. The third kappa shape index (κ3) is 4.92. The van der Waals surface area contributed by atoms with Gasteiger partial charge in [0.2, 0.25) is 0 Å². The van der Waals surface area contributed by atoms with Gasteiger partial charge in [-0.2, -0.15) is 13.2 Å². The van der Waals surface area contributed by atoms with E-state index in [0.29, 0.717) is 17.9 Å². The molecule has 2 aromatic carbocycles. The van der Waals surface area contributed by atoms with Crippen LogP contribution in [0.1, 0.15) is 18.1 Å². The first-order valence-corrected chi connectivity index (χ1v) is 9.49. The van der Waals surface area contributed by atoms with Crippen LogP contribution in [0.2, 0.25) is 0 Å². The van der Waals surface area contributed by atoms with Crippen LogP contribution >= 0.6 is 11.8 Å². The summed E-state index contributed by atoms with van der Waals surface area (Å²) in [5, 5.41) is 2.19. The molecule has 0 aromatic heterocycles. The number of thioether (sulfide) groups is 1. The summed E-state index contributed by atoms with van der Waals surface area (Å²) in [5.41, 5.74) is -0.000649. The lowest BCUT2D eigenvalue weighted by Crippen LogP contribution is -2.33. The first-order chi connectivity index (χ1) is 13.8. The molecule has 1 aliphatic rings. The van der Waals surface area contributed by atoms with Gasteiger partial charge in [-0.3, -0.25) is 14.5 Å². The van der Waals surface area contributed by atoms with Crippen molar-refractivity contribution in [1.29, 1.82) is 0 Å². The molecule has 3 rings (SSSR count). The van der Waals surface area contributed by atoms with E-state index in [1.165, 1.54) is 12.1 Å². The fourth-order valence-corrected chi connectivity index (χ4v) is 3.47. The average Bonchev–Trinajstić information content (AvgIpc) is 2.94. The van der Waals surface area contributed by atoms with Crippen molar-refractivity contribution in [1.82, 2.24) is 4.90 Å². The SMILES string of the molecule is CCOc1ccccc1/C=C1\SC(=O)N(CNc2cccc(C(F)(F)F)c2)C1=O. The number of carbonyl (C=O) groups excluding carboxylic acids is 2. The van der Waals surface area contributed by atoms with Crippen LogP contribution in [0.5, 0.6) is 5.75 Å². The molecular weight excluding hydrogens is 405 g/mol. The fourth-order valence-electron chi connectivity index (χ4n) is 2.64. The second-order valence-electron chi connectivity index (χ2n) is 5.99. The van der Waals surface area contributed by atoms with Gasteiger partial charge in [0.25, 0.3) is 11.1 Å². The Morgan fingerprint density at radius 1 is 1.14 bits per heavy atom. The Kier molecular flexibility index (Phi) is 6.17. The highest BCUT2D eigenvalue weighted by Gasteiger charge is 2.35. The highest BCUT2D eigenvalue weighted by molar-refractivity contribution is 8.18. The molecule has 2 aromatic rings. The van der Waals surface area contributed by atoms with Crippen molar-refractivity contribution >= 4 is 34.7 Å². The molecule has 0 saturated carbocycles. The van der Waals surface area contributed by atoms with Crippen molar-refractivity contribution in [2.75, 3.05) is 18.6 Å². The maximum Gasteiger partial charge on any atom is 0.416 e.